The van der Waals surface area contributed by atoms with Crippen LogP contribution in [0.5, 0.6) is 11.5 Å². The van der Waals surface area contributed by atoms with E-state index in [4.69, 9.17) is 9.47 Å². The number of amides is 1. The summed E-state index contributed by atoms with van der Waals surface area (Å²) >= 11 is 0. The van der Waals surface area contributed by atoms with Gasteiger partial charge in [0, 0.05) is 44.0 Å². The number of aromatic amines is 1. The predicted octanol–water partition coefficient (Wildman–Crippen LogP) is 2.68. The van der Waals surface area contributed by atoms with Crippen molar-refractivity contribution < 1.29 is 19.1 Å². The van der Waals surface area contributed by atoms with Gasteiger partial charge in [0.2, 0.25) is 0 Å². The molecular weight excluding hydrogens is 370 g/mol. The number of ketones is 1. The molecule has 1 aliphatic heterocycles. The molecule has 0 radical (unpaired) electrons. The zero-order chi connectivity index (χ0) is 21.0. The lowest BCUT2D eigenvalue weighted by molar-refractivity contribution is 0.0614. The minimum absolute atomic E-state index is 0.0167. The fourth-order valence-corrected chi connectivity index (χ4v) is 3.79. The van der Waals surface area contributed by atoms with E-state index < -0.39 is 0 Å². The number of nitrogens with zero attached hydrogens (tertiary/aromatic N) is 2. The first kappa shape index (κ1) is 20.9. The highest BCUT2D eigenvalue weighted by Gasteiger charge is 2.26. The van der Waals surface area contributed by atoms with E-state index >= 15 is 0 Å². The number of carbonyl (C=O) groups excluding carboxylic acids is 2. The van der Waals surface area contributed by atoms with E-state index in [0.29, 0.717) is 31.0 Å². The summed E-state index contributed by atoms with van der Waals surface area (Å²) in [7, 11) is 1.64. The average Bonchev–Trinajstić information content (AvgIpc) is 3.02. The van der Waals surface area contributed by atoms with E-state index in [1.54, 1.807) is 7.11 Å². The van der Waals surface area contributed by atoms with Gasteiger partial charge < -0.3 is 19.4 Å². The first-order valence-electron chi connectivity index (χ1n) is 9.89. The summed E-state index contributed by atoms with van der Waals surface area (Å²) in [6.45, 7) is 9.53. The summed E-state index contributed by atoms with van der Waals surface area (Å²) in [4.78, 5) is 32.0. The third kappa shape index (κ3) is 4.79. The summed E-state index contributed by atoms with van der Waals surface area (Å²) in [5, 5.41) is 0. The van der Waals surface area contributed by atoms with Crippen molar-refractivity contribution in [2.45, 2.75) is 20.8 Å². The predicted molar refractivity (Wildman–Crippen MR) is 111 cm³/mol. The van der Waals surface area contributed by atoms with Gasteiger partial charge >= 0.3 is 0 Å². The molecule has 0 unspecified atom stereocenters. The van der Waals surface area contributed by atoms with E-state index in [-0.39, 0.29) is 11.7 Å². The molecule has 0 atom stereocenters. The Morgan fingerprint density at radius 3 is 2.21 bits per heavy atom. The molecule has 1 aromatic carbocycles. The molecule has 1 N–H and O–H groups in total. The Kier molecular flexibility index (Phi) is 6.59. The van der Waals surface area contributed by atoms with Crippen molar-refractivity contribution in [3.05, 3.63) is 46.8 Å². The van der Waals surface area contributed by atoms with Crippen LogP contribution in [0.3, 0.4) is 0 Å². The highest BCUT2D eigenvalue weighted by atomic mass is 16.5. The van der Waals surface area contributed by atoms with E-state index in [1.807, 2.05) is 43.0 Å². The largest absolute Gasteiger partial charge is 0.497 e. The molecule has 2 aromatic rings. The second-order valence-electron chi connectivity index (χ2n) is 7.34. The quantitative estimate of drug-likeness (QED) is 0.725. The minimum atomic E-state index is -0.0350. The van der Waals surface area contributed by atoms with Crippen LogP contribution >= 0.6 is 0 Å². The van der Waals surface area contributed by atoms with Crippen LogP contribution in [0.15, 0.2) is 24.3 Å². The molecule has 0 spiro atoms. The number of carbonyl (C=O) groups is 2. The fraction of sp³-hybridized carbons (Fsp3) is 0.455. The highest BCUT2D eigenvalue weighted by molar-refractivity contribution is 6.02. The fourth-order valence-electron chi connectivity index (χ4n) is 3.79. The van der Waals surface area contributed by atoms with Crippen LogP contribution in [0.2, 0.25) is 0 Å². The number of rotatable bonds is 7. The lowest BCUT2D eigenvalue weighted by Gasteiger charge is -2.34. The number of aryl methyl sites for hydroxylation is 1. The molecule has 29 heavy (non-hydrogen) atoms. The van der Waals surface area contributed by atoms with Crippen LogP contribution in [-0.2, 0) is 0 Å². The van der Waals surface area contributed by atoms with Gasteiger partial charge in [0.1, 0.15) is 23.8 Å². The van der Waals surface area contributed by atoms with Crippen LogP contribution in [0.4, 0.5) is 0 Å². The molecule has 1 aliphatic rings. The number of ether oxygens (including phenoxy) is 2. The van der Waals surface area contributed by atoms with Crippen LogP contribution in [-0.4, -0.2) is 72.9 Å². The van der Waals surface area contributed by atoms with E-state index in [9.17, 15) is 9.59 Å². The van der Waals surface area contributed by atoms with Gasteiger partial charge in [-0.3, -0.25) is 14.5 Å². The van der Waals surface area contributed by atoms with Gasteiger partial charge in [0.05, 0.1) is 7.11 Å². The molecule has 7 heteroatoms. The Morgan fingerprint density at radius 1 is 1.03 bits per heavy atom. The van der Waals surface area contributed by atoms with Gasteiger partial charge in [0.25, 0.3) is 5.91 Å². The number of piperazine rings is 1. The van der Waals surface area contributed by atoms with Gasteiger partial charge in [-0.2, -0.15) is 0 Å². The second kappa shape index (κ2) is 9.13. The highest BCUT2D eigenvalue weighted by Crippen LogP contribution is 2.21. The molecular formula is C22H29N3O4. The molecule has 3 rings (SSSR count). The first-order chi connectivity index (χ1) is 13.9. The van der Waals surface area contributed by atoms with Gasteiger partial charge in [-0.1, -0.05) is 0 Å². The van der Waals surface area contributed by atoms with Crippen LogP contribution in [0, 0.1) is 13.8 Å². The van der Waals surface area contributed by atoms with Crippen LogP contribution in [0.25, 0.3) is 0 Å². The maximum atomic E-state index is 12.9. The third-order valence-corrected chi connectivity index (χ3v) is 5.40. The van der Waals surface area contributed by atoms with Gasteiger partial charge in [-0.15, -0.1) is 0 Å². The summed E-state index contributed by atoms with van der Waals surface area (Å²) in [5.41, 5.74) is 2.66. The van der Waals surface area contributed by atoms with Gasteiger partial charge in [-0.25, -0.2) is 0 Å². The molecule has 0 saturated carbocycles. The number of nitrogens with one attached hydrogen (secondary N) is 1. The van der Waals surface area contributed by atoms with E-state index in [2.05, 4.69) is 9.88 Å². The maximum absolute atomic E-state index is 12.9. The number of hydrogen-bond acceptors (Lipinski definition) is 5. The van der Waals surface area contributed by atoms with Gasteiger partial charge in [0.15, 0.2) is 5.78 Å². The Morgan fingerprint density at radius 2 is 1.66 bits per heavy atom. The number of hydrogen-bond donors (Lipinski definition) is 1. The number of benzene rings is 1. The Hall–Kier alpha value is -2.80. The Balaban J connectivity index is 1.48. The van der Waals surface area contributed by atoms with Gasteiger partial charge in [-0.05, 0) is 50.6 Å². The van der Waals surface area contributed by atoms with Crippen molar-refractivity contribution in [1.29, 1.82) is 0 Å². The monoisotopic (exact) mass is 399 g/mol. The van der Waals surface area contributed by atoms with Crippen molar-refractivity contribution in [1.82, 2.24) is 14.8 Å². The number of H-pyrrole nitrogens is 1. The summed E-state index contributed by atoms with van der Waals surface area (Å²) in [6.07, 6.45) is 0. The Bertz CT molecular complexity index is 865. The first-order valence-corrected chi connectivity index (χ1v) is 9.89. The molecule has 0 bridgehead atoms. The number of Topliss-reactive ketones (excluding diaryl/α,β-unsaturated/α-hetero) is 1. The van der Waals surface area contributed by atoms with Crippen LogP contribution in [0.1, 0.15) is 39.0 Å². The third-order valence-electron chi connectivity index (χ3n) is 5.40. The van der Waals surface area contributed by atoms with E-state index in [0.717, 1.165) is 42.4 Å². The van der Waals surface area contributed by atoms with Crippen molar-refractivity contribution in [2.75, 3.05) is 46.4 Å². The second-order valence-corrected chi connectivity index (χ2v) is 7.34. The molecule has 2 heterocycles. The van der Waals surface area contributed by atoms with Crippen molar-refractivity contribution >= 4 is 11.7 Å². The molecule has 1 aromatic heterocycles. The van der Waals surface area contributed by atoms with Crippen molar-refractivity contribution in [3.8, 4) is 11.5 Å². The molecule has 1 amide bonds. The van der Waals surface area contributed by atoms with E-state index in [1.165, 1.54) is 6.92 Å². The Labute approximate surface area is 171 Å². The normalized spacial score (nSPS) is 14.7. The lowest BCUT2D eigenvalue weighted by atomic mass is 10.1. The molecule has 1 fully saturated rings. The molecule has 7 nitrogen and oxygen atoms in total. The average molecular weight is 399 g/mol. The summed E-state index contributed by atoms with van der Waals surface area (Å²) in [6, 6.07) is 7.54. The zero-order valence-electron chi connectivity index (χ0n) is 17.6. The summed E-state index contributed by atoms with van der Waals surface area (Å²) < 4.78 is 10.9. The number of methoxy groups -OCH3 is 1. The maximum Gasteiger partial charge on any atom is 0.270 e. The van der Waals surface area contributed by atoms with Crippen LogP contribution < -0.4 is 9.47 Å². The molecule has 0 aliphatic carbocycles. The SMILES string of the molecule is COc1ccc(OCCN2CCN(C(=O)c3[nH]c(C)c(C(C)=O)c3C)CC2)cc1. The summed E-state index contributed by atoms with van der Waals surface area (Å²) in [5.74, 6) is 1.57. The molecule has 1 saturated heterocycles. The van der Waals surface area contributed by atoms with Crippen molar-refractivity contribution in [3.63, 3.8) is 0 Å². The van der Waals surface area contributed by atoms with Crippen molar-refractivity contribution in [2.24, 2.45) is 0 Å². The number of aromatic nitrogens is 1. The lowest BCUT2D eigenvalue weighted by Crippen LogP contribution is -2.49. The topological polar surface area (TPSA) is 74.9 Å². The standard InChI is InChI=1S/C22H29N3O4/c1-15-20(17(3)26)16(2)23-21(15)22(27)25-11-9-24(10-12-25)13-14-29-19-7-5-18(28-4)6-8-19/h5-8,23H,9-14H2,1-4H3. The smallest absolute Gasteiger partial charge is 0.270 e. The zero-order valence-corrected chi connectivity index (χ0v) is 17.6. The minimum Gasteiger partial charge on any atom is -0.497 e. The molecule has 156 valence electrons.